The molecule has 0 radical (unpaired) electrons. The third-order valence-electron chi connectivity index (χ3n) is 5.51. The van der Waals surface area contributed by atoms with Gasteiger partial charge in [-0.2, -0.15) is 13.2 Å². The first-order valence-electron chi connectivity index (χ1n) is 9.70. The second-order valence-electron chi connectivity index (χ2n) is 7.47. The Kier molecular flexibility index (Phi) is 5.02. The van der Waals surface area contributed by atoms with Crippen LogP contribution in [0.2, 0.25) is 0 Å². The summed E-state index contributed by atoms with van der Waals surface area (Å²) in [5, 5.41) is 6.19. The van der Waals surface area contributed by atoms with E-state index in [2.05, 4.69) is 10.6 Å². The van der Waals surface area contributed by atoms with Crippen LogP contribution in [-0.4, -0.2) is 12.5 Å². The molecule has 3 nitrogen and oxygen atoms in total. The number of carbonyl (C=O) groups is 1. The van der Waals surface area contributed by atoms with Crippen LogP contribution in [0.5, 0.6) is 0 Å². The maximum absolute atomic E-state index is 13.3. The van der Waals surface area contributed by atoms with E-state index in [0.717, 1.165) is 47.5 Å². The van der Waals surface area contributed by atoms with Gasteiger partial charge in [0, 0.05) is 23.5 Å². The molecule has 30 heavy (non-hydrogen) atoms. The molecule has 0 saturated carbocycles. The van der Waals surface area contributed by atoms with Gasteiger partial charge in [-0.25, -0.2) is 0 Å². The molecule has 0 aromatic heterocycles. The smallest absolute Gasteiger partial charge is 0.384 e. The minimum Gasteiger partial charge on any atom is -0.384 e. The molecule has 1 amide bonds. The first-order valence-corrected chi connectivity index (χ1v) is 9.70. The van der Waals surface area contributed by atoms with E-state index in [9.17, 15) is 18.0 Å². The Bertz CT molecular complexity index is 1120. The molecule has 2 N–H and O–H groups in total. The maximum Gasteiger partial charge on any atom is 0.416 e. The minimum absolute atomic E-state index is 0.00607. The van der Waals surface area contributed by atoms with Crippen molar-refractivity contribution in [2.45, 2.75) is 26.4 Å². The topological polar surface area (TPSA) is 41.1 Å². The van der Waals surface area contributed by atoms with Crippen molar-refractivity contribution in [3.8, 4) is 11.1 Å². The van der Waals surface area contributed by atoms with Crippen molar-refractivity contribution < 1.29 is 18.0 Å². The Labute approximate surface area is 172 Å². The van der Waals surface area contributed by atoms with Crippen LogP contribution >= 0.6 is 0 Å². The van der Waals surface area contributed by atoms with E-state index in [1.165, 1.54) is 6.07 Å². The highest BCUT2D eigenvalue weighted by Gasteiger charge is 2.32. The van der Waals surface area contributed by atoms with E-state index in [1.807, 2.05) is 26.0 Å². The Morgan fingerprint density at radius 2 is 1.77 bits per heavy atom. The molecular weight excluding hydrogens is 389 g/mol. The van der Waals surface area contributed by atoms with Gasteiger partial charge in [-0.15, -0.1) is 0 Å². The lowest BCUT2D eigenvalue weighted by molar-refractivity contribution is -0.137. The average molecular weight is 410 g/mol. The van der Waals surface area contributed by atoms with Crippen LogP contribution in [0.15, 0.2) is 54.6 Å². The molecule has 0 aliphatic carbocycles. The third kappa shape index (κ3) is 3.65. The summed E-state index contributed by atoms with van der Waals surface area (Å²) in [5.41, 5.74) is 4.92. The number of carbonyl (C=O) groups excluding carboxylic acids is 1. The summed E-state index contributed by atoms with van der Waals surface area (Å²) in [7, 11) is 0. The lowest BCUT2D eigenvalue weighted by atomic mass is 9.96. The normalized spacial score (nSPS) is 13.0. The summed E-state index contributed by atoms with van der Waals surface area (Å²) in [6.07, 6.45) is -3.68. The van der Waals surface area contributed by atoms with Gasteiger partial charge in [0.05, 0.1) is 5.56 Å². The zero-order valence-corrected chi connectivity index (χ0v) is 16.7. The van der Waals surface area contributed by atoms with Gasteiger partial charge >= 0.3 is 6.18 Å². The maximum atomic E-state index is 13.3. The van der Waals surface area contributed by atoms with Gasteiger partial charge in [-0.1, -0.05) is 36.4 Å². The van der Waals surface area contributed by atoms with Gasteiger partial charge in [0.25, 0.3) is 5.91 Å². The molecule has 0 bridgehead atoms. The quantitative estimate of drug-likeness (QED) is 0.539. The van der Waals surface area contributed by atoms with Crippen molar-refractivity contribution in [1.82, 2.24) is 0 Å². The molecule has 0 atom stereocenters. The number of alkyl halides is 3. The van der Waals surface area contributed by atoms with Crippen LogP contribution < -0.4 is 10.6 Å². The van der Waals surface area contributed by atoms with Crippen LogP contribution in [0.25, 0.3) is 11.1 Å². The van der Waals surface area contributed by atoms with Gasteiger partial charge in [-0.05, 0) is 66.3 Å². The van der Waals surface area contributed by atoms with Gasteiger partial charge in [0.2, 0.25) is 0 Å². The molecule has 0 saturated heterocycles. The summed E-state index contributed by atoms with van der Waals surface area (Å²) >= 11 is 0. The van der Waals surface area contributed by atoms with E-state index in [4.69, 9.17) is 0 Å². The third-order valence-corrected chi connectivity index (χ3v) is 5.51. The number of hydrogen-bond donors (Lipinski definition) is 2. The number of nitrogens with one attached hydrogen (secondary N) is 2. The molecule has 0 unspecified atom stereocenters. The number of aryl methyl sites for hydroxylation is 1. The number of rotatable bonds is 3. The molecule has 3 aromatic rings. The highest BCUT2D eigenvalue weighted by Crippen LogP contribution is 2.36. The number of benzene rings is 3. The Balaban J connectivity index is 1.79. The Morgan fingerprint density at radius 1 is 1.03 bits per heavy atom. The second kappa shape index (κ2) is 7.52. The van der Waals surface area contributed by atoms with E-state index in [-0.39, 0.29) is 5.56 Å². The van der Waals surface area contributed by atoms with Gasteiger partial charge < -0.3 is 10.6 Å². The van der Waals surface area contributed by atoms with Crippen molar-refractivity contribution in [1.29, 1.82) is 0 Å². The molecule has 0 spiro atoms. The fourth-order valence-corrected chi connectivity index (χ4v) is 3.98. The Morgan fingerprint density at radius 3 is 2.47 bits per heavy atom. The van der Waals surface area contributed by atoms with Crippen molar-refractivity contribution in [3.05, 3.63) is 82.4 Å². The van der Waals surface area contributed by atoms with Crippen molar-refractivity contribution in [3.63, 3.8) is 0 Å². The van der Waals surface area contributed by atoms with Crippen molar-refractivity contribution in [2.75, 3.05) is 17.2 Å². The molecule has 154 valence electrons. The monoisotopic (exact) mass is 410 g/mol. The summed E-state index contributed by atoms with van der Waals surface area (Å²) < 4.78 is 40.0. The fourth-order valence-electron chi connectivity index (χ4n) is 3.98. The molecular formula is C24H21F3N2O. The number of fused-ring (bicyclic) bond motifs is 1. The lowest BCUT2D eigenvalue weighted by Crippen LogP contribution is -2.17. The van der Waals surface area contributed by atoms with E-state index in [1.54, 1.807) is 24.3 Å². The number of anilines is 2. The van der Waals surface area contributed by atoms with Crippen LogP contribution in [0, 0.1) is 13.8 Å². The predicted molar refractivity (Wildman–Crippen MR) is 113 cm³/mol. The molecule has 3 aromatic carbocycles. The molecule has 1 aliphatic heterocycles. The number of hydrogen-bond acceptors (Lipinski definition) is 2. The van der Waals surface area contributed by atoms with Crippen LogP contribution in [0.3, 0.4) is 0 Å². The summed E-state index contributed by atoms with van der Waals surface area (Å²) in [4.78, 5) is 13.2. The average Bonchev–Trinajstić information content (AvgIpc) is 3.19. The summed E-state index contributed by atoms with van der Waals surface area (Å²) in [5.74, 6) is -0.558. The van der Waals surface area contributed by atoms with Crippen molar-refractivity contribution in [2.24, 2.45) is 0 Å². The predicted octanol–water partition coefficient (Wildman–Crippen LogP) is 6.21. The minimum atomic E-state index is -4.53. The molecule has 0 fully saturated rings. The molecule has 4 rings (SSSR count). The molecule has 6 heteroatoms. The number of halogens is 3. The van der Waals surface area contributed by atoms with Gasteiger partial charge in [0.15, 0.2) is 0 Å². The van der Waals surface area contributed by atoms with E-state index < -0.39 is 17.6 Å². The van der Waals surface area contributed by atoms with E-state index >= 15 is 0 Å². The fraction of sp³-hybridized carbons (Fsp3) is 0.208. The van der Waals surface area contributed by atoms with E-state index in [0.29, 0.717) is 16.8 Å². The Hall–Kier alpha value is -3.28. The highest BCUT2D eigenvalue weighted by molar-refractivity contribution is 6.09. The first kappa shape index (κ1) is 20.0. The SMILES string of the molecule is Cc1cc2c(c(C)c1NC(=O)c1cc(C(F)(F)F)ccc1-c1ccccc1)CCN2. The van der Waals surface area contributed by atoms with Crippen LogP contribution in [0.4, 0.5) is 24.5 Å². The number of amides is 1. The van der Waals surface area contributed by atoms with Gasteiger partial charge in [0.1, 0.15) is 0 Å². The second-order valence-corrected chi connectivity index (χ2v) is 7.47. The summed E-state index contributed by atoms with van der Waals surface area (Å²) in [6.45, 7) is 4.64. The zero-order valence-electron chi connectivity index (χ0n) is 16.7. The largest absolute Gasteiger partial charge is 0.416 e. The molecule has 1 heterocycles. The summed E-state index contributed by atoms with van der Waals surface area (Å²) in [6, 6.07) is 14.2. The first-order chi connectivity index (χ1) is 14.3. The molecule has 1 aliphatic rings. The lowest BCUT2D eigenvalue weighted by Gasteiger charge is -2.18. The van der Waals surface area contributed by atoms with Crippen LogP contribution in [0.1, 0.15) is 32.6 Å². The standard InChI is InChI=1S/C24H21F3N2O/c1-14-12-21-18(10-11-28-21)15(2)22(14)29-23(30)20-13-17(24(25,26)27)8-9-19(20)16-6-4-3-5-7-16/h3-9,12-13,28H,10-11H2,1-2H3,(H,29,30). The van der Waals surface area contributed by atoms with Crippen LogP contribution in [-0.2, 0) is 12.6 Å². The van der Waals surface area contributed by atoms with Crippen molar-refractivity contribution >= 4 is 17.3 Å². The highest BCUT2D eigenvalue weighted by atomic mass is 19.4. The zero-order chi connectivity index (χ0) is 21.5. The van der Waals surface area contributed by atoms with Gasteiger partial charge in [-0.3, -0.25) is 4.79 Å².